The molecule has 0 unspecified atom stereocenters. The summed E-state index contributed by atoms with van der Waals surface area (Å²) in [7, 11) is 0. The Kier molecular flexibility index (Phi) is 5.68. The molecule has 0 fully saturated rings. The Bertz CT molecular complexity index is 728. The van der Waals surface area contributed by atoms with E-state index < -0.39 is 5.97 Å². The molecular weight excluding hydrogens is 403 g/mol. The lowest BCUT2D eigenvalue weighted by atomic mass is 10.1. The second-order valence-corrected chi connectivity index (χ2v) is 8.64. The minimum atomic E-state index is -0.954. The fraction of sp³-hybridized carbons (Fsp3) is 0.316. The Morgan fingerprint density at radius 3 is 2.13 bits per heavy atom. The maximum Gasteiger partial charge on any atom is 0.358 e. The zero-order chi connectivity index (χ0) is 17.1. The van der Waals surface area contributed by atoms with E-state index in [-0.39, 0.29) is 27.8 Å². The number of carbonyl (C=O) groups is 1. The lowest BCUT2D eigenvalue weighted by molar-refractivity contribution is -0.599. The van der Waals surface area contributed by atoms with E-state index in [1.54, 1.807) is 0 Å². The van der Waals surface area contributed by atoms with Crippen molar-refractivity contribution in [1.82, 2.24) is 0 Å². The molecular formula is C19H22IO3+. The Labute approximate surface area is 147 Å². The Hall–Kier alpha value is -1.56. The van der Waals surface area contributed by atoms with Gasteiger partial charge in [-0.1, -0.05) is 17.7 Å². The minimum Gasteiger partial charge on any atom is -0.482 e. The number of carboxylic acids is 1. The van der Waals surface area contributed by atoms with Gasteiger partial charge in [0.1, 0.15) is 5.75 Å². The summed E-state index contributed by atoms with van der Waals surface area (Å²) in [4.78, 5) is 10.7. The van der Waals surface area contributed by atoms with Crippen molar-refractivity contribution in [2.24, 2.45) is 0 Å². The van der Waals surface area contributed by atoms with E-state index in [0.29, 0.717) is 5.75 Å². The first-order valence-corrected chi connectivity index (χ1v) is 9.62. The summed E-state index contributed by atoms with van der Waals surface area (Å²) >= 11 is -0.273. The molecule has 0 amide bonds. The molecule has 2 aromatic rings. The monoisotopic (exact) mass is 425 g/mol. The van der Waals surface area contributed by atoms with Gasteiger partial charge in [-0.05, 0) is 52.3 Å². The summed E-state index contributed by atoms with van der Waals surface area (Å²) in [5.74, 6) is -0.292. The predicted octanol–water partition coefficient (Wildman–Crippen LogP) is 0.821. The molecule has 0 spiro atoms. The van der Waals surface area contributed by atoms with Gasteiger partial charge in [-0.3, -0.25) is 0 Å². The van der Waals surface area contributed by atoms with E-state index in [0.717, 1.165) is 5.56 Å². The quantitative estimate of drug-likeness (QED) is 0.722. The van der Waals surface area contributed by atoms with Crippen LogP contribution in [-0.2, 0) is 4.79 Å². The largest absolute Gasteiger partial charge is 0.482 e. The normalized spacial score (nSPS) is 10.7. The first-order chi connectivity index (χ1) is 10.8. The van der Waals surface area contributed by atoms with Crippen LogP contribution in [0.1, 0.15) is 27.8 Å². The molecule has 122 valence electrons. The average molecular weight is 425 g/mol. The SMILES string of the molecule is Cc1cc(C)c([I+]c2cc(C)c(OCC(=O)O)cc2C)c(C)c1. The van der Waals surface area contributed by atoms with E-state index in [1.807, 2.05) is 13.0 Å². The molecule has 2 aromatic carbocycles. The maximum absolute atomic E-state index is 10.7. The van der Waals surface area contributed by atoms with E-state index in [2.05, 4.69) is 45.9 Å². The molecule has 0 atom stereocenters. The molecule has 0 aliphatic heterocycles. The van der Waals surface area contributed by atoms with Gasteiger partial charge in [0.2, 0.25) is 0 Å². The number of rotatable bonds is 5. The van der Waals surface area contributed by atoms with E-state index >= 15 is 0 Å². The summed E-state index contributed by atoms with van der Waals surface area (Å²) < 4.78 is 8.19. The van der Waals surface area contributed by atoms with Gasteiger partial charge in [0.25, 0.3) is 0 Å². The van der Waals surface area contributed by atoms with Crippen molar-refractivity contribution in [2.75, 3.05) is 6.61 Å². The van der Waals surface area contributed by atoms with Crippen LogP contribution in [0.5, 0.6) is 5.75 Å². The number of ether oxygens (including phenoxy) is 1. The van der Waals surface area contributed by atoms with Gasteiger partial charge in [0, 0.05) is 16.7 Å². The molecule has 23 heavy (non-hydrogen) atoms. The topological polar surface area (TPSA) is 46.5 Å². The van der Waals surface area contributed by atoms with Crippen LogP contribution in [0.3, 0.4) is 0 Å². The maximum atomic E-state index is 10.7. The second kappa shape index (κ2) is 7.34. The van der Waals surface area contributed by atoms with Crippen molar-refractivity contribution in [1.29, 1.82) is 0 Å². The minimum absolute atomic E-state index is 0.273. The third-order valence-electron chi connectivity index (χ3n) is 3.58. The third-order valence-corrected chi connectivity index (χ3v) is 7.57. The van der Waals surface area contributed by atoms with Gasteiger partial charge < -0.3 is 9.84 Å². The van der Waals surface area contributed by atoms with Gasteiger partial charge in [-0.15, -0.1) is 0 Å². The van der Waals surface area contributed by atoms with Gasteiger partial charge >= 0.3 is 27.2 Å². The number of aliphatic carboxylic acids is 1. The van der Waals surface area contributed by atoms with Gasteiger partial charge in [-0.2, -0.15) is 0 Å². The van der Waals surface area contributed by atoms with Crippen molar-refractivity contribution in [3.63, 3.8) is 0 Å². The number of hydrogen-bond acceptors (Lipinski definition) is 2. The number of aryl methyl sites for hydroxylation is 5. The van der Waals surface area contributed by atoms with Crippen molar-refractivity contribution >= 4 is 5.97 Å². The zero-order valence-electron chi connectivity index (χ0n) is 14.2. The summed E-state index contributed by atoms with van der Waals surface area (Å²) in [6, 6.07) is 8.61. The third kappa shape index (κ3) is 4.47. The molecule has 2 rings (SSSR count). The van der Waals surface area contributed by atoms with Crippen LogP contribution in [0.15, 0.2) is 24.3 Å². The van der Waals surface area contributed by atoms with E-state index in [4.69, 9.17) is 9.84 Å². The Balaban J connectivity index is 2.31. The van der Waals surface area contributed by atoms with Crippen molar-refractivity contribution in [3.05, 3.63) is 59.2 Å². The van der Waals surface area contributed by atoms with Crippen LogP contribution in [-0.4, -0.2) is 17.7 Å². The Morgan fingerprint density at radius 2 is 1.57 bits per heavy atom. The number of hydrogen-bond donors (Lipinski definition) is 1. The number of carboxylic acid groups (broad SMARTS) is 1. The highest BCUT2D eigenvalue weighted by Gasteiger charge is 2.24. The molecule has 1 N–H and O–H groups in total. The zero-order valence-corrected chi connectivity index (χ0v) is 16.3. The highest BCUT2D eigenvalue weighted by atomic mass is 127. The highest BCUT2D eigenvalue weighted by Crippen LogP contribution is 2.19. The molecule has 0 aliphatic rings. The average Bonchev–Trinajstić information content (AvgIpc) is 2.44. The van der Waals surface area contributed by atoms with Gasteiger partial charge in [0.15, 0.2) is 13.7 Å². The van der Waals surface area contributed by atoms with Crippen LogP contribution in [0.25, 0.3) is 0 Å². The predicted molar refractivity (Wildman–Crippen MR) is 87.1 cm³/mol. The van der Waals surface area contributed by atoms with Crippen LogP contribution in [0.2, 0.25) is 0 Å². The van der Waals surface area contributed by atoms with Crippen molar-refractivity contribution in [3.8, 4) is 5.75 Å². The van der Waals surface area contributed by atoms with Crippen LogP contribution < -0.4 is 25.9 Å². The standard InChI is InChI=1S/C19H21IO3/c1-11-6-14(4)19(15(5)7-11)20-16-8-13(3)17(9-12(16)2)23-10-18(21)22/h6-9H,10H2,1-5H3/p+1. The van der Waals surface area contributed by atoms with Gasteiger partial charge in [-0.25, -0.2) is 4.79 Å². The van der Waals surface area contributed by atoms with Crippen LogP contribution >= 0.6 is 0 Å². The Morgan fingerprint density at radius 1 is 0.957 bits per heavy atom. The molecule has 0 aliphatic carbocycles. The lowest BCUT2D eigenvalue weighted by Gasteiger charge is -2.08. The smallest absolute Gasteiger partial charge is 0.358 e. The van der Waals surface area contributed by atoms with Crippen molar-refractivity contribution in [2.45, 2.75) is 34.6 Å². The lowest BCUT2D eigenvalue weighted by Crippen LogP contribution is -3.62. The fourth-order valence-corrected chi connectivity index (χ4v) is 5.51. The van der Waals surface area contributed by atoms with Crippen LogP contribution in [0.4, 0.5) is 0 Å². The molecule has 0 bridgehead atoms. The van der Waals surface area contributed by atoms with Crippen LogP contribution in [0, 0.1) is 41.8 Å². The summed E-state index contributed by atoms with van der Waals surface area (Å²) in [6.45, 7) is 10.2. The second-order valence-electron chi connectivity index (χ2n) is 5.86. The summed E-state index contributed by atoms with van der Waals surface area (Å²) in [5, 5.41) is 8.75. The molecule has 0 heterocycles. The molecule has 0 saturated heterocycles. The first kappa shape index (κ1) is 17.8. The molecule has 0 saturated carbocycles. The van der Waals surface area contributed by atoms with Crippen molar-refractivity contribution < 1.29 is 35.8 Å². The summed E-state index contributed by atoms with van der Waals surface area (Å²) in [5.41, 5.74) is 6.19. The van der Waals surface area contributed by atoms with E-state index in [1.165, 1.54) is 29.4 Å². The molecule has 3 nitrogen and oxygen atoms in total. The van der Waals surface area contributed by atoms with E-state index in [9.17, 15) is 4.79 Å². The molecule has 0 radical (unpaired) electrons. The number of benzene rings is 2. The molecule has 4 heteroatoms. The molecule has 0 aromatic heterocycles. The fourth-order valence-electron chi connectivity index (χ4n) is 2.56. The number of halogens is 1. The summed E-state index contributed by atoms with van der Waals surface area (Å²) in [6.07, 6.45) is 0. The van der Waals surface area contributed by atoms with Gasteiger partial charge in [0.05, 0.1) is 0 Å². The highest BCUT2D eigenvalue weighted by molar-refractivity contribution is 5.68. The first-order valence-electron chi connectivity index (χ1n) is 7.46.